The summed E-state index contributed by atoms with van der Waals surface area (Å²) in [6.45, 7) is 4.00. The predicted octanol–water partition coefficient (Wildman–Crippen LogP) is 1.50. The van der Waals surface area contributed by atoms with Gasteiger partial charge in [0.05, 0.1) is 5.56 Å². The molecule has 5 nitrogen and oxygen atoms in total. The summed E-state index contributed by atoms with van der Waals surface area (Å²) in [7, 11) is 0. The van der Waals surface area contributed by atoms with E-state index in [2.05, 4.69) is 4.98 Å². The highest BCUT2D eigenvalue weighted by molar-refractivity contribution is 5.89. The summed E-state index contributed by atoms with van der Waals surface area (Å²) < 4.78 is 0. The summed E-state index contributed by atoms with van der Waals surface area (Å²) in [5, 5.41) is 16.8. The lowest BCUT2D eigenvalue weighted by atomic mass is 10.2. The van der Waals surface area contributed by atoms with Gasteiger partial charge in [0.2, 0.25) is 0 Å². The van der Waals surface area contributed by atoms with Crippen molar-refractivity contribution in [2.24, 2.45) is 0 Å². The van der Waals surface area contributed by atoms with Gasteiger partial charge in [-0.1, -0.05) is 13.8 Å². The third kappa shape index (κ3) is 3.22. The minimum Gasteiger partial charge on any atom is -0.478 e. The van der Waals surface area contributed by atoms with Crippen LogP contribution in [-0.2, 0) is 0 Å². The van der Waals surface area contributed by atoms with Crippen molar-refractivity contribution in [3.63, 3.8) is 0 Å². The molecule has 2 N–H and O–H groups in total. The number of aromatic carboxylic acids is 2. The molecular formula is C9H11NO4. The van der Waals surface area contributed by atoms with Gasteiger partial charge in [0, 0.05) is 6.20 Å². The molecule has 0 saturated heterocycles. The van der Waals surface area contributed by atoms with E-state index < -0.39 is 11.9 Å². The molecule has 0 fully saturated rings. The van der Waals surface area contributed by atoms with E-state index in [1.54, 1.807) is 0 Å². The summed E-state index contributed by atoms with van der Waals surface area (Å²) in [4.78, 5) is 24.0. The third-order valence-corrected chi connectivity index (χ3v) is 1.23. The summed E-state index contributed by atoms with van der Waals surface area (Å²) >= 11 is 0. The van der Waals surface area contributed by atoms with Gasteiger partial charge in [-0.3, -0.25) is 0 Å². The number of carboxylic acids is 2. The maximum Gasteiger partial charge on any atom is 0.354 e. The Balaban J connectivity index is 0.000000791. The molecule has 1 aromatic rings. The van der Waals surface area contributed by atoms with Crippen LogP contribution in [0.3, 0.4) is 0 Å². The molecule has 0 unspecified atom stereocenters. The first-order chi connectivity index (χ1) is 6.61. The SMILES string of the molecule is CC.O=C(O)c1ccc(C(=O)O)nc1. The van der Waals surface area contributed by atoms with Gasteiger partial charge in [-0.15, -0.1) is 0 Å². The minimum atomic E-state index is -1.17. The topological polar surface area (TPSA) is 87.5 Å². The number of aromatic nitrogens is 1. The number of carbonyl (C=O) groups is 2. The maximum atomic E-state index is 10.3. The Kier molecular flexibility index (Phi) is 4.91. The van der Waals surface area contributed by atoms with Crippen LogP contribution in [0.25, 0.3) is 0 Å². The molecule has 0 aliphatic carbocycles. The van der Waals surface area contributed by atoms with Crippen molar-refractivity contribution >= 4 is 11.9 Å². The van der Waals surface area contributed by atoms with Gasteiger partial charge in [-0.25, -0.2) is 14.6 Å². The van der Waals surface area contributed by atoms with Crippen molar-refractivity contribution in [3.8, 4) is 0 Å². The van der Waals surface area contributed by atoms with Crippen LogP contribution in [0.1, 0.15) is 34.7 Å². The Morgan fingerprint density at radius 2 is 1.71 bits per heavy atom. The van der Waals surface area contributed by atoms with Gasteiger partial charge in [0.25, 0.3) is 0 Å². The Morgan fingerprint density at radius 1 is 1.14 bits per heavy atom. The van der Waals surface area contributed by atoms with Crippen molar-refractivity contribution in [2.45, 2.75) is 13.8 Å². The van der Waals surface area contributed by atoms with Crippen LogP contribution >= 0.6 is 0 Å². The Bertz CT molecular complexity index is 285. The third-order valence-electron chi connectivity index (χ3n) is 1.23. The Labute approximate surface area is 81.0 Å². The first-order valence-corrected chi connectivity index (χ1v) is 4.04. The molecule has 0 aromatic carbocycles. The second-order valence-electron chi connectivity index (χ2n) is 2.04. The zero-order chi connectivity index (χ0) is 11.1. The molecule has 1 heterocycles. The molecule has 0 radical (unpaired) electrons. The first kappa shape index (κ1) is 12.1. The Hall–Kier alpha value is -1.91. The van der Waals surface area contributed by atoms with Crippen molar-refractivity contribution in [2.75, 3.05) is 0 Å². The molecule has 1 rings (SSSR count). The zero-order valence-corrected chi connectivity index (χ0v) is 7.89. The molecule has 0 aliphatic rings. The van der Waals surface area contributed by atoms with Crippen molar-refractivity contribution in [1.82, 2.24) is 4.98 Å². The number of hydrogen-bond donors (Lipinski definition) is 2. The molecule has 0 bridgehead atoms. The highest BCUT2D eigenvalue weighted by Crippen LogP contribution is 1.99. The Morgan fingerprint density at radius 3 is 2.00 bits per heavy atom. The highest BCUT2D eigenvalue weighted by atomic mass is 16.4. The van der Waals surface area contributed by atoms with Gasteiger partial charge < -0.3 is 10.2 Å². The number of rotatable bonds is 2. The van der Waals surface area contributed by atoms with Gasteiger partial charge in [-0.05, 0) is 12.1 Å². The molecule has 5 heteroatoms. The lowest BCUT2D eigenvalue weighted by Gasteiger charge is -1.93. The summed E-state index contributed by atoms with van der Waals surface area (Å²) in [6.07, 6.45) is 1.01. The average molecular weight is 197 g/mol. The van der Waals surface area contributed by atoms with E-state index in [4.69, 9.17) is 10.2 Å². The van der Waals surface area contributed by atoms with Gasteiger partial charge in [0.1, 0.15) is 5.69 Å². The van der Waals surface area contributed by atoms with Crippen LogP contribution in [0.5, 0.6) is 0 Å². The number of hydrogen-bond acceptors (Lipinski definition) is 3. The molecule has 0 atom stereocenters. The van der Waals surface area contributed by atoms with E-state index in [1.807, 2.05) is 13.8 Å². The standard InChI is InChI=1S/C7H5NO4.C2H6/c9-6(10)4-1-2-5(7(11)12)8-3-4;1-2/h1-3H,(H,9,10)(H,11,12);1-2H3. The van der Waals surface area contributed by atoms with E-state index >= 15 is 0 Å². The molecule has 76 valence electrons. The molecule has 0 spiro atoms. The van der Waals surface area contributed by atoms with E-state index in [1.165, 1.54) is 6.07 Å². The van der Waals surface area contributed by atoms with E-state index in [9.17, 15) is 9.59 Å². The fraction of sp³-hybridized carbons (Fsp3) is 0.222. The van der Waals surface area contributed by atoms with Gasteiger partial charge >= 0.3 is 11.9 Å². The fourth-order valence-electron chi connectivity index (χ4n) is 0.647. The highest BCUT2D eigenvalue weighted by Gasteiger charge is 2.06. The van der Waals surface area contributed by atoms with E-state index in [0.29, 0.717) is 0 Å². The fourth-order valence-corrected chi connectivity index (χ4v) is 0.647. The van der Waals surface area contributed by atoms with Crippen molar-refractivity contribution in [3.05, 3.63) is 29.6 Å². The van der Waals surface area contributed by atoms with E-state index in [-0.39, 0.29) is 11.3 Å². The second-order valence-corrected chi connectivity index (χ2v) is 2.04. The summed E-state index contributed by atoms with van der Waals surface area (Å²) in [6, 6.07) is 2.34. The zero-order valence-electron chi connectivity index (χ0n) is 7.89. The molecule has 14 heavy (non-hydrogen) atoms. The largest absolute Gasteiger partial charge is 0.478 e. The summed E-state index contributed by atoms with van der Waals surface area (Å²) in [5.74, 6) is -2.30. The molecule has 0 amide bonds. The van der Waals surface area contributed by atoms with Crippen molar-refractivity contribution < 1.29 is 19.8 Å². The van der Waals surface area contributed by atoms with E-state index in [0.717, 1.165) is 12.3 Å². The van der Waals surface area contributed by atoms with Gasteiger partial charge in [0.15, 0.2) is 0 Å². The molecule has 1 aromatic heterocycles. The smallest absolute Gasteiger partial charge is 0.354 e. The quantitative estimate of drug-likeness (QED) is 0.750. The molecule has 0 saturated carbocycles. The monoisotopic (exact) mass is 197 g/mol. The number of pyridine rings is 1. The maximum absolute atomic E-state index is 10.3. The van der Waals surface area contributed by atoms with Gasteiger partial charge in [-0.2, -0.15) is 0 Å². The van der Waals surface area contributed by atoms with Crippen LogP contribution in [0.2, 0.25) is 0 Å². The number of nitrogens with zero attached hydrogens (tertiary/aromatic N) is 1. The average Bonchev–Trinajstić information content (AvgIpc) is 2.21. The first-order valence-electron chi connectivity index (χ1n) is 4.04. The van der Waals surface area contributed by atoms with Crippen LogP contribution in [0.4, 0.5) is 0 Å². The van der Waals surface area contributed by atoms with Crippen molar-refractivity contribution in [1.29, 1.82) is 0 Å². The van der Waals surface area contributed by atoms with Crippen LogP contribution in [0.15, 0.2) is 18.3 Å². The molecule has 0 aliphatic heterocycles. The minimum absolute atomic E-state index is 0.0278. The lowest BCUT2D eigenvalue weighted by molar-refractivity contribution is 0.0676. The molecular weight excluding hydrogens is 186 g/mol. The predicted molar refractivity (Wildman–Crippen MR) is 49.5 cm³/mol. The second kappa shape index (κ2) is 5.69. The summed E-state index contributed by atoms with van der Waals surface area (Å²) in [5.41, 5.74) is -0.194. The lowest BCUT2D eigenvalue weighted by Crippen LogP contribution is -2.02. The normalized spacial score (nSPS) is 8.43. The van der Waals surface area contributed by atoms with Crippen LogP contribution < -0.4 is 0 Å². The number of carboxylic acid groups (broad SMARTS) is 2. The van der Waals surface area contributed by atoms with Crippen LogP contribution in [0, 0.1) is 0 Å². The van der Waals surface area contributed by atoms with Crippen LogP contribution in [-0.4, -0.2) is 27.1 Å².